The van der Waals surface area contributed by atoms with Gasteiger partial charge < -0.3 is 9.47 Å². The second-order valence-electron chi connectivity index (χ2n) is 9.33. The molecule has 0 spiro atoms. The quantitative estimate of drug-likeness (QED) is 0.148. The van der Waals surface area contributed by atoms with Crippen LogP contribution in [-0.2, 0) is 25.1 Å². The van der Waals surface area contributed by atoms with Gasteiger partial charge in [0.05, 0.1) is 11.1 Å². The number of benzene rings is 3. The highest BCUT2D eigenvalue weighted by Crippen LogP contribution is 2.35. The van der Waals surface area contributed by atoms with Crippen LogP contribution in [0.4, 0.5) is 17.6 Å². The molecule has 0 aliphatic rings. The number of ether oxygens (including phenoxy) is 2. The van der Waals surface area contributed by atoms with Crippen molar-refractivity contribution < 1.29 is 27.0 Å². The third kappa shape index (κ3) is 8.80. The molecule has 0 aliphatic carbocycles. The van der Waals surface area contributed by atoms with Crippen LogP contribution in [0.3, 0.4) is 0 Å². The van der Waals surface area contributed by atoms with Crippen LogP contribution in [0.5, 0.6) is 11.5 Å². The van der Waals surface area contributed by atoms with E-state index in [9.17, 15) is 17.6 Å². The van der Waals surface area contributed by atoms with E-state index in [2.05, 4.69) is 6.92 Å². The van der Waals surface area contributed by atoms with Crippen LogP contribution in [0.15, 0.2) is 72.8 Å². The second kappa shape index (κ2) is 13.5. The molecule has 3 aromatic rings. The molecule has 37 heavy (non-hydrogen) atoms. The molecule has 0 saturated carbocycles. The fourth-order valence-corrected chi connectivity index (χ4v) is 4.08. The van der Waals surface area contributed by atoms with E-state index < -0.39 is 23.3 Å². The molecule has 0 unspecified atom stereocenters. The minimum absolute atomic E-state index is 0.00430. The first kappa shape index (κ1) is 28.5. The van der Waals surface area contributed by atoms with Crippen molar-refractivity contribution in [1.82, 2.24) is 0 Å². The Balaban J connectivity index is 1.53. The summed E-state index contributed by atoms with van der Waals surface area (Å²) in [5, 5.41) is 0. The maximum atomic E-state index is 14.7. The minimum atomic E-state index is -3.68. The van der Waals surface area contributed by atoms with Gasteiger partial charge >= 0.3 is 12.2 Å². The predicted molar refractivity (Wildman–Crippen MR) is 139 cm³/mol. The van der Waals surface area contributed by atoms with E-state index >= 15 is 0 Å². The lowest BCUT2D eigenvalue weighted by Gasteiger charge is -2.21. The first-order valence-corrected chi connectivity index (χ1v) is 13.2. The second-order valence-corrected chi connectivity index (χ2v) is 9.33. The number of rotatable bonds is 15. The molecule has 3 aromatic carbocycles. The van der Waals surface area contributed by atoms with Crippen LogP contribution in [0.1, 0.15) is 81.0 Å². The van der Waals surface area contributed by atoms with Gasteiger partial charge in [0.15, 0.2) is 0 Å². The van der Waals surface area contributed by atoms with Crippen molar-refractivity contribution in [2.75, 3.05) is 0 Å². The van der Waals surface area contributed by atoms with Gasteiger partial charge in [0, 0.05) is 0 Å². The molecule has 0 bridgehead atoms. The van der Waals surface area contributed by atoms with Crippen molar-refractivity contribution in [2.45, 2.75) is 83.9 Å². The lowest BCUT2D eigenvalue weighted by Crippen LogP contribution is -2.24. The van der Waals surface area contributed by atoms with Gasteiger partial charge in [0.1, 0.15) is 11.5 Å². The lowest BCUT2D eigenvalue weighted by atomic mass is 10.0. The first-order valence-electron chi connectivity index (χ1n) is 13.2. The van der Waals surface area contributed by atoms with E-state index in [0.29, 0.717) is 0 Å². The Morgan fingerprint density at radius 1 is 0.514 bits per heavy atom. The van der Waals surface area contributed by atoms with Gasteiger partial charge in [0.2, 0.25) is 0 Å². The maximum Gasteiger partial charge on any atom is 0.426 e. The van der Waals surface area contributed by atoms with Crippen LogP contribution < -0.4 is 9.47 Å². The van der Waals surface area contributed by atoms with Gasteiger partial charge in [-0.25, -0.2) is 0 Å². The number of alkyl halides is 4. The summed E-state index contributed by atoms with van der Waals surface area (Å²) in [5.74, 6) is 0.0111. The summed E-state index contributed by atoms with van der Waals surface area (Å²) in [6.07, 6.45) is 2.82. The summed E-state index contributed by atoms with van der Waals surface area (Å²) in [5.41, 5.74) is 1.01. The highest BCUT2D eigenvalue weighted by atomic mass is 19.3. The van der Waals surface area contributed by atoms with E-state index in [1.165, 1.54) is 56.4 Å². The number of hydrogen-bond acceptors (Lipinski definition) is 2. The van der Waals surface area contributed by atoms with Gasteiger partial charge in [0.25, 0.3) is 0 Å². The number of aryl methyl sites for hydroxylation is 2. The number of halogens is 4. The fourth-order valence-electron chi connectivity index (χ4n) is 4.08. The Morgan fingerprint density at radius 2 is 0.919 bits per heavy atom. The summed E-state index contributed by atoms with van der Waals surface area (Å²) >= 11 is 0. The third-order valence-electron chi connectivity index (χ3n) is 6.37. The zero-order chi connectivity index (χ0) is 26.7. The molecule has 2 nitrogen and oxygen atoms in total. The van der Waals surface area contributed by atoms with E-state index in [1.807, 2.05) is 6.92 Å². The third-order valence-corrected chi connectivity index (χ3v) is 6.37. The normalized spacial score (nSPS) is 11.9. The molecular formula is C31H36F4O2. The summed E-state index contributed by atoms with van der Waals surface area (Å²) in [6.45, 7) is 4.16. The Morgan fingerprint density at radius 3 is 1.35 bits per heavy atom. The van der Waals surface area contributed by atoms with E-state index in [0.717, 1.165) is 61.1 Å². The Bertz CT molecular complexity index is 1060. The topological polar surface area (TPSA) is 18.5 Å². The number of hydrogen-bond donors (Lipinski definition) is 0. The zero-order valence-electron chi connectivity index (χ0n) is 21.6. The minimum Gasteiger partial charge on any atom is -0.429 e. The number of unbranched alkanes of at least 4 members (excludes halogenated alkanes) is 6. The van der Waals surface area contributed by atoms with Gasteiger partial charge in [-0.1, -0.05) is 76.6 Å². The molecule has 0 saturated heterocycles. The summed E-state index contributed by atoms with van der Waals surface area (Å²) in [6, 6.07) is 16.7. The van der Waals surface area contributed by atoms with E-state index in [-0.39, 0.29) is 11.5 Å². The summed E-state index contributed by atoms with van der Waals surface area (Å²) in [7, 11) is 0. The molecule has 0 heterocycles. The molecule has 200 valence electrons. The standard InChI is InChI=1S/C31H36F4O2/c1-3-5-6-7-8-9-10-11-25-14-22-29(23-15-25)37-31(34,35)27-18-16-26(17-19-27)30(32,33)36-28-20-12-24(4-2)13-21-28/h12-23H,3-11H2,1-2H3. The first-order chi connectivity index (χ1) is 17.7. The van der Waals surface area contributed by atoms with E-state index in [4.69, 9.17) is 9.47 Å². The molecule has 0 atom stereocenters. The highest BCUT2D eigenvalue weighted by molar-refractivity contribution is 5.32. The molecule has 0 fully saturated rings. The van der Waals surface area contributed by atoms with Gasteiger partial charge in [-0.3, -0.25) is 0 Å². The smallest absolute Gasteiger partial charge is 0.426 e. The average molecular weight is 517 g/mol. The Hall–Kier alpha value is -3.02. The van der Waals surface area contributed by atoms with Crippen molar-refractivity contribution in [2.24, 2.45) is 0 Å². The predicted octanol–water partition coefficient (Wildman–Crippen LogP) is 9.80. The average Bonchev–Trinajstić information content (AvgIpc) is 2.89. The summed E-state index contributed by atoms with van der Waals surface area (Å²) in [4.78, 5) is 0. The maximum absolute atomic E-state index is 14.7. The zero-order valence-corrected chi connectivity index (χ0v) is 21.6. The summed E-state index contributed by atoms with van der Waals surface area (Å²) < 4.78 is 68.3. The van der Waals surface area contributed by atoms with Crippen molar-refractivity contribution in [3.05, 3.63) is 95.1 Å². The Labute approximate surface area is 217 Å². The van der Waals surface area contributed by atoms with Crippen LogP contribution in [0, 0.1) is 0 Å². The molecule has 0 aliphatic heterocycles. The molecule has 0 radical (unpaired) electrons. The molecule has 3 rings (SSSR count). The van der Waals surface area contributed by atoms with Gasteiger partial charge in [-0.2, -0.15) is 17.6 Å². The molecule has 0 amide bonds. The fraction of sp³-hybridized carbons (Fsp3) is 0.419. The SMILES string of the molecule is CCCCCCCCCc1ccc(OC(F)(F)c2ccc(C(F)(F)Oc3ccc(CC)cc3)cc2)cc1. The highest BCUT2D eigenvalue weighted by Gasteiger charge is 2.38. The molecule has 0 N–H and O–H groups in total. The van der Waals surface area contributed by atoms with Gasteiger partial charge in [-0.05, 0) is 78.9 Å². The van der Waals surface area contributed by atoms with Crippen LogP contribution in [-0.4, -0.2) is 0 Å². The molecule has 6 heteroatoms. The van der Waals surface area contributed by atoms with Crippen molar-refractivity contribution in [3.8, 4) is 11.5 Å². The largest absolute Gasteiger partial charge is 0.429 e. The van der Waals surface area contributed by atoms with Gasteiger partial charge in [-0.15, -0.1) is 0 Å². The van der Waals surface area contributed by atoms with Crippen LogP contribution >= 0.6 is 0 Å². The van der Waals surface area contributed by atoms with Crippen molar-refractivity contribution in [1.29, 1.82) is 0 Å². The van der Waals surface area contributed by atoms with Crippen LogP contribution in [0.2, 0.25) is 0 Å². The van der Waals surface area contributed by atoms with Crippen molar-refractivity contribution in [3.63, 3.8) is 0 Å². The Kier molecular flexibility index (Phi) is 10.4. The van der Waals surface area contributed by atoms with Crippen LogP contribution in [0.25, 0.3) is 0 Å². The monoisotopic (exact) mass is 516 g/mol. The van der Waals surface area contributed by atoms with E-state index in [1.54, 1.807) is 24.3 Å². The lowest BCUT2D eigenvalue weighted by molar-refractivity contribution is -0.188. The molecular weight excluding hydrogens is 480 g/mol. The van der Waals surface area contributed by atoms with Crippen molar-refractivity contribution >= 4 is 0 Å². The molecule has 0 aromatic heterocycles.